The first-order valence-corrected chi connectivity index (χ1v) is 24.7. The number of phenolic OH excluding ortho intramolecular Hbond substituents is 1. The van der Waals surface area contributed by atoms with Crippen LogP contribution in [-0.4, -0.2) is 244 Å². The van der Waals surface area contributed by atoms with E-state index in [1.807, 2.05) is 0 Å². The molecule has 12 unspecified atom stereocenters. The molecule has 2 fully saturated rings. The standard InChI is InChI=1S/C27H45N5O16.C22H24N2O8.H2O/c1-10(24(42)32-14(26(44)45)5-6-18(28)39)29-25(43)11(2)46-22(15(7-33)30-12(3)36)23(16(38)8-34)48-27-19(31-13(4)37)21(41)20(40)17(9-35)47-27;1-7-8-5-4-6-9(25)11(8)16(26)12-10(7)17(27)14-15(24(2)3)18(28)13(21(23)31)20(30)22(14,32)19(12)29;/h7,10-11,14-17,19-23,27,34-35,38,40-41H,5-6,8-9H2,1-4H3,(H2,28,39)(H,29,43)(H,30,36)(H,31,37)(H,32,42)(H,44,45);4-7,10,14-15,17,25-27,30,32H,1-3H3,(H2,23,31);1H2/t;7-,10+,14+,15-,17-,22-;/m.0./s1. The first kappa shape index (κ1) is 68.2. The van der Waals surface area contributed by atoms with Crippen molar-refractivity contribution in [2.75, 3.05) is 27.3 Å². The van der Waals surface area contributed by atoms with E-state index in [1.165, 1.54) is 32.0 Å². The highest BCUT2D eigenvalue weighted by atomic mass is 16.7. The van der Waals surface area contributed by atoms with Gasteiger partial charge in [-0.2, -0.15) is 0 Å². The SMILES string of the molecule is CC(=O)NC(C=O)C(OC(C)C(=O)NC(C)C(=O)NC(CCC(N)=O)C(=O)O)C(OC1OC(CO)C(O)C(O)C1NC(C)=O)C(O)CO.C[C@H]1c2cccc(O)c2C(O)=C2C(=O)[C@]3(O)C(O)=C(C(N)=O)C(=O)[C@@H](N(C)C)[C@@H]3[C@@H](O)[C@@H]21.O. The van der Waals surface area contributed by atoms with E-state index in [0.29, 0.717) is 5.56 Å². The van der Waals surface area contributed by atoms with E-state index < -0.39 is 198 Å². The van der Waals surface area contributed by atoms with Gasteiger partial charge in [0.1, 0.15) is 96.0 Å². The monoisotopic (exact) mass is 1160 g/mol. The van der Waals surface area contributed by atoms with Crippen molar-refractivity contribution in [1.82, 2.24) is 26.2 Å². The molecule has 18 atom stereocenters. The Kier molecular flexibility index (Phi) is 23.6. The average Bonchev–Trinajstić information content (AvgIpc) is 3.57. The van der Waals surface area contributed by atoms with Crippen molar-refractivity contribution in [3.63, 3.8) is 0 Å². The molecule has 32 heteroatoms. The number of nitrogens with two attached hydrogens (primary N) is 2. The molecular weight excluding hydrogens is 1090 g/mol. The molecule has 4 aliphatic rings. The molecular formula is C49H71N7O25. The van der Waals surface area contributed by atoms with E-state index in [-0.39, 0.29) is 35.9 Å². The maximum atomic E-state index is 13.7. The summed E-state index contributed by atoms with van der Waals surface area (Å²) >= 11 is 0. The lowest BCUT2D eigenvalue weighted by atomic mass is 9.54. The maximum Gasteiger partial charge on any atom is 0.326 e. The Bertz CT molecular complexity index is 2630. The number of ether oxygens (including phenoxy) is 3. The molecule has 5 rings (SSSR count). The molecule has 1 saturated heterocycles. The van der Waals surface area contributed by atoms with Crippen LogP contribution in [0.2, 0.25) is 0 Å². The molecule has 1 heterocycles. The van der Waals surface area contributed by atoms with E-state index in [4.69, 9.17) is 25.7 Å². The molecule has 0 aromatic heterocycles. The zero-order valence-electron chi connectivity index (χ0n) is 44.8. The van der Waals surface area contributed by atoms with Gasteiger partial charge in [-0.05, 0) is 51.9 Å². The number of benzene rings is 1. The number of primary amides is 2. The Hall–Kier alpha value is -7.08. The molecule has 1 saturated carbocycles. The Morgan fingerprint density at radius 2 is 1.52 bits per heavy atom. The predicted octanol–water partition coefficient (Wildman–Crippen LogP) is -7.84. The molecule has 0 bridgehead atoms. The van der Waals surface area contributed by atoms with Crippen LogP contribution >= 0.6 is 0 Å². The molecule has 0 spiro atoms. The summed E-state index contributed by atoms with van der Waals surface area (Å²) in [5, 5.41) is 124. The fourth-order valence-electron chi connectivity index (χ4n) is 10.1. The van der Waals surface area contributed by atoms with Crippen molar-refractivity contribution in [2.45, 2.75) is 144 Å². The van der Waals surface area contributed by atoms with Crippen LogP contribution in [0.3, 0.4) is 0 Å². The Morgan fingerprint density at radius 3 is 2.02 bits per heavy atom. The van der Waals surface area contributed by atoms with Crippen LogP contribution in [0.4, 0.5) is 0 Å². The van der Waals surface area contributed by atoms with Gasteiger partial charge in [-0.25, -0.2) is 4.79 Å². The van der Waals surface area contributed by atoms with Gasteiger partial charge in [0.2, 0.25) is 35.3 Å². The number of aliphatic hydroxyl groups is 9. The third kappa shape index (κ3) is 14.3. The molecule has 21 N–H and O–H groups in total. The first-order chi connectivity index (χ1) is 37.2. The number of carbonyl (C=O) groups is 10. The molecule has 0 radical (unpaired) electrons. The number of fused-ring (bicyclic) bond motifs is 3. The molecule has 1 aromatic rings. The van der Waals surface area contributed by atoms with Crippen molar-refractivity contribution < 1.29 is 124 Å². The second-order valence-electron chi connectivity index (χ2n) is 19.8. The number of carbonyl (C=O) groups excluding carboxylic acids is 9. The summed E-state index contributed by atoms with van der Waals surface area (Å²) < 4.78 is 17.0. The quantitative estimate of drug-likeness (QED) is 0.0379. The third-order valence-corrected chi connectivity index (χ3v) is 14.1. The lowest BCUT2D eigenvalue weighted by Crippen LogP contribution is -2.70. The average molecular weight is 1160 g/mol. The van der Waals surface area contributed by atoms with E-state index in [1.54, 1.807) is 19.1 Å². The molecule has 452 valence electrons. The second kappa shape index (κ2) is 28.1. The minimum Gasteiger partial charge on any atom is -0.508 e. The normalized spacial score (nSPS) is 28.5. The molecule has 1 aromatic carbocycles. The van der Waals surface area contributed by atoms with Gasteiger partial charge in [-0.1, -0.05) is 19.1 Å². The van der Waals surface area contributed by atoms with Gasteiger partial charge in [-0.15, -0.1) is 0 Å². The lowest BCUT2D eigenvalue weighted by Gasteiger charge is -2.53. The molecule has 81 heavy (non-hydrogen) atoms. The number of rotatable bonds is 22. The number of ketones is 2. The fourth-order valence-corrected chi connectivity index (χ4v) is 10.1. The van der Waals surface area contributed by atoms with Crippen LogP contribution < -0.4 is 32.7 Å². The summed E-state index contributed by atoms with van der Waals surface area (Å²) in [6.45, 7) is 4.17. The number of hydrogen-bond acceptors (Lipinski definition) is 24. The number of phenols is 1. The minimum atomic E-state index is -2.89. The number of carboxylic acid groups (broad SMARTS) is 1. The molecule has 32 nitrogen and oxygen atoms in total. The Morgan fingerprint density at radius 1 is 0.901 bits per heavy atom. The van der Waals surface area contributed by atoms with E-state index in [0.717, 1.165) is 20.8 Å². The number of Topliss-reactive ketones (excluding diaryl/α,β-unsaturated/α-hetero) is 2. The number of aldehydes is 1. The van der Waals surface area contributed by atoms with Gasteiger partial charge in [0, 0.05) is 31.8 Å². The van der Waals surface area contributed by atoms with Crippen molar-refractivity contribution in [3.8, 4) is 5.75 Å². The van der Waals surface area contributed by atoms with E-state index >= 15 is 0 Å². The number of aliphatic carboxylic acids is 1. The van der Waals surface area contributed by atoms with Gasteiger partial charge in [0.15, 0.2) is 17.7 Å². The van der Waals surface area contributed by atoms with Crippen LogP contribution in [-0.2, 0) is 62.2 Å². The summed E-state index contributed by atoms with van der Waals surface area (Å²) in [6, 6.07) is -3.02. The summed E-state index contributed by atoms with van der Waals surface area (Å²) in [4.78, 5) is 124. The van der Waals surface area contributed by atoms with E-state index in [9.17, 15) is 104 Å². The third-order valence-electron chi connectivity index (χ3n) is 14.1. The highest BCUT2D eigenvalue weighted by molar-refractivity contribution is 6.24. The number of carboxylic acids is 1. The maximum absolute atomic E-state index is 13.7. The molecule has 3 aliphatic carbocycles. The summed E-state index contributed by atoms with van der Waals surface area (Å²) in [7, 11) is 2.92. The van der Waals surface area contributed by atoms with Crippen LogP contribution in [0.1, 0.15) is 64.5 Å². The van der Waals surface area contributed by atoms with Crippen LogP contribution in [0, 0.1) is 11.8 Å². The minimum absolute atomic E-state index is 0. The van der Waals surface area contributed by atoms with Crippen molar-refractivity contribution in [2.24, 2.45) is 23.3 Å². The zero-order chi connectivity index (χ0) is 60.7. The Balaban J connectivity index is 0.000000450. The zero-order valence-corrected chi connectivity index (χ0v) is 44.8. The predicted molar refractivity (Wildman–Crippen MR) is 271 cm³/mol. The van der Waals surface area contributed by atoms with Gasteiger partial charge in [0.05, 0.1) is 36.8 Å². The second-order valence-corrected chi connectivity index (χ2v) is 19.8. The number of aliphatic hydroxyl groups excluding tert-OH is 8. The number of amides is 6. The number of likely N-dealkylation sites (N-methyl/N-ethyl adjacent to an activating group) is 1. The first-order valence-electron chi connectivity index (χ1n) is 24.7. The topological polar surface area (TPSA) is 556 Å². The fraction of sp³-hybridized carbons (Fsp3) is 0.592. The molecule has 1 aliphatic heterocycles. The number of aromatic hydroxyl groups is 1. The highest BCUT2D eigenvalue weighted by Crippen LogP contribution is 2.56. The largest absolute Gasteiger partial charge is 0.508 e. The van der Waals surface area contributed by atoms with Gasteiger partial charge >= 0.3 is 5.97 Å². The lowest BCUT2D eigenvalue weighted by molar-refractivity contribution is -0.302. The highest BCUT2D eigenvalue weighted by Gasteiger charge is 2.68. The van der Waals surface area contributed by atoms with Crippen LogP contribution in [0.5, 0.6) is 5.75 Å². The number of hydrogen-bond donors (Lipinski definition) is 17. The van der Waals surface area contributed by atoms with Crippen molar-refractivity contribution >= 4 is 65.0 Å². The summed E-state index contributed by atoms with van der Waals surface area (Å²) in [5.41, 5.74) is 6.49. The van der Waals surface area contributed by atoms with Gasteiger partial charge in [0.25, 0.3) is 5.91 Å². The van der Waals surface area contributed by atoms with Crippen molar-refractivity contribution in [3.05, 3.63) is 46.2 Å². The van der Waals surface area contributed by atoms with Gasteiger partial charge < -0.3 is 113 Å². The molecule has 6 amide bonds. The van der Waals surface area contributed by atoms with E-state index in [2.05, 4.69) is 21.3 Å². The summed E-state index contributed by atoms with van der Waals surface area (Å²) in [6.07, 6.45) is -16.2. The number of nitrogens with one attached hydrogen (secondary N) is 4. The Labute approximate surface area is 461 Å². The van der Waals surface area contributed by atoms with Crippen LogP contribution in [0.25, 0.3) is 5.76 Å². The summed E-state index contributed by atoms with van der Waals surface area (Å²) in [5.74, 6) is -14.6. The smallest absolute Gasteiger partial charge is 0.326 e. The number of nitrogens with zero attached hydrogens (tertiary/aromatic N) is 1. The van der Waals surface area contributed by atoms with Gasteiger partial charge in [-0.3, -0.25) is 43.3 Å². The van der Waals surface area contributed by atoms with Crippen LogP contribution in [0.15, 0.2) is 35.1 Å². The van der Waals surface area contributed by atoms with Crippen molar-refractivity contribution in [1.29, 1.82) is 0 Å².